The van der Waals surface area contributed by atoms with Gasteiger partial charge in [0, 0.05) is 11.3 Å². The van der Waals surface area contributed by atoms with Crippen LogP contribution < -0.4 is 0 Å². The molecule has 1 aromatic rings. The number of rotatable bonds is 8. The van der Waals surface area contributed by atoms with Crippen molar-refractivity contribution >= 4 is 22.5 Å². The second kappa shape index (κ2) is 13.6. The monoisotopic (exact) mass is 486 g/mol. The highest BCUT2D eigenvalue weighted by Crippen LogP contribution is 2.53. The Hall–Kier alpha value is -2.45. The van der Waals surface area contributed by atoms with Crippen molar-refractivity contribution in [1.29, 1.82) is 0 Å². The summed E-state index contributed by atoms with van der Waals surface area (Å²) in [7, 11) is 0. The zero-order valence-corrected chi connectivity index (χ0v) is 22.4. The van der Waals surface area contributed by atoms with Gasteiger partial charge in [0.05, 0.1) is 5.69 Å². The predicted molar refractivity (Wildman–Crippen MR) is 159 cm³/mol. The quantitative estimate of drug-likeness (QED) is 0.333. The van der Waals surface area contributed by atoms with Gasteiger partial charge in [-0.2, -0.15) is 0 Å². The summed E-state index contributed by atoms with van der Waals surface area (Å²) < 4.78 is 0. The van der Waals surface area contributed by atoms with E-state index in [-0.39, 0.29) is 7.43 Å². The third-order valence-corrected chi connectivity index (χ3v) is 7.41. The van der Waals surface area contributed by atoms with Gasteiger partial charge < -0.3 is 0 Å². The molecular weight excluding hydrogens is 442 g/mol. The zero-order valence-electron chi connectivity index (χ0n) is 21.6. The van der Waals surface area contributed by atoms with Crippen molar-refractivity contribution < 1.29 is 0 Å². The minimum atomic E-state index is 0. The van der Waals surface area contributed by atoms with Gasteiger partial charge in [0.25, 0.3) is 0 Å². The number of nitrogens with zero attached hydrogens (tertiary/aromatic N) is 1. The fourth-order valence-electron chi connectivity index (χ4n) is 4.67. The molecule has 0 spiro atoms. The van der Waals surface area contributed by atoms with Crippen LogP contribution in [-0.2, 0) is 0 Å². The first-order valence-corrected chi connectivity index (χ1v) is 13.6. The highest BCUT2D eigenvalue weighted by Gasteiger charge is 2.42. The molecule has 187 valence electrons. The number of hydrogen-bond acceptors (Lipinski definition) is 2. The van der Waals surface area contributed by atoms with Crippen molar-refractivity contribution in [2.45, 2.75) is 67.7 Å². The van der Waals surface area contributed by atoms with Gasteiger partial charge in [-0.3, -0.25) is 0 Å². The molecule has 4 rings (SSSR count). The summed E-state index contributed by atoms with van der Waals surface area (Å²) >= 11 is 1.81. The third kappa shape index (κ3) is 7.04. The van der Waals surface area contributed by atoms with Crippen LogP contribution in [-0.4, -0.2) is 4.98 Å². The SMILES string of the molecule is C.CCC.[CH2]\C=C/C=C\C=C/CC1C(c2csc(C3=CC(CC)=CC4CC34)n2)=CC(C(=C)C)=C1C. The first-order valence-electron chi connectivity index (χ1n) is 12.7. The summed E-state index contributed by atoms with van der Waals surface area (Å²) in [5, 5.41) is 3.47. The van der Waals surface area contributed by atoms with E-state index in [1.54, 1.807) is 17.4 Å². The summed E-state index contributed by atoms with van der Waals surface area (Å²) in [4.78, 5) is 5.15. The van der Waals surface area contributed by atoms with E-state index < -0.39 is 0 Å². The number of thiazole rings is 1. The molecular formula is C33H44NS. The molecule has 1 radical (unpaired) electrons. The summed E-state index contributed by atoms with van der Waals surface area (Å²) in [5.41, 5.74) is 9.22. The molecule has 1 heterocycles. The van der Waals surface area contributed by atoms with Gasteiger partial charge in [0.2, 0.25) is 0 Å². The topological polar surface area (TPSA) is 12.9 Å². The minimum Gasteiger partial charge on any atom is -0.237 e. The standard InChI is InChI=1S/C29H32NS.C3H8.CH4/c1-6-8-9-10-11-12-13-23-20(5)24(19(3)4)17-26(23)28-18-31-29(30-28)27-15-21(7-2)14-22-16-25(22)27;1-3-2;/h6,8-12,14-15,17-18,22-23,25H,1,3,7,13,16H2,2,4-5H3;3H2,1-2H3;1H4/b8-6-,10-9-,12-11-;;. The Labute approximate surface area is 219 Å². The smallest absolute Gasteiger partial charge is 0.120 e. The summed E-state index contributed by atoms with van der Waals surface area (Å²) in [5.74, 6) is 1.79. The van der Waals surface area contributed by atoms with Crippen LogP contribution in [0.25, 0.3) is 11.1 Å². The second-order valence-corrected chi connectivity index (χ2v) is 10.3. The van der Waals surface area contributed by atoms with Crippen molar-refractivity contribution in [2.75, 3.05) is 0 Å². The number of fused-ring (bicyclic) bond motifs is 1. The van der Waals surface area contributed by atoms with E-state index >= 15 is 0 Å². The average molecular weight is 487 g/mol. The normalized spacial score (nSPS) is 23.0. The Morgan fingerprint density at radius 3 is 2.49 bits per heavy atom. The van der Waals surface area contributed by atoms with Gasteiger partial charge in [0.1, 0.15) is 5.01 Å². The van der Waals surface area contributed by atoms with Crippen molar-refractivity contribution in [1.82, 2.24) is 4.98 Å². The van der Waals surface area contributed by atoms with Gasteiger partial charge in [-0.05, 0) is 74.7 Å². The molecule has 35 heavy (non-hydrogen) atoms. The van der Waals surface area contributed by atoms with Crippen LogP contribution in [0.2, 0.25) is 0 Å². The van der Waals surface area contributed by atoms with Gasteiger partial charge in [-0.25, -0.2) is 4.98 Å². The Bertz CT molecular complexity index is 1100. The van der Waals surface area contributed by atoms with Crippen LogP contribution >= 0.6 is 11.3 Å². The zero-order chi connectivity index (χ0) is 24.7. The molecule has 1 fully saturated rings. The van der Waals surface area contributed by atoms with Crippen LogP contribution in [0.4, 0.5) is 0 Å². The molecule has 1 aromatic heterocycles. The van der Waals surface area contributed by atoms with Crippen molar-refractivity contribution in [3.8, 4) is 0 Å². The summed E-state index contributed by atoms with van der Waals surface area (Å²) in [6.45, 7) is 18.8. The number of aromatic nitrogens is 1. The highest BCUT2D eigenvalue weighted by atomic mass is 32.1. The Morgan fingerprint density at radius 2 is 1.83 bits per heavy atom. The molecule has 3 aliphatic carbocycles. The fourth-order valence-corrected chi connectivity index (χ4v) is 5.58. The maximum atomic E-state index is 5.15. The molecule has 0 N–H and O–H groups in total. The van der Waals surface area contributed by atoms with Crippen LogP contribution in [0.3, 0.4) is 0 Å². The van der Waals surface area contributed by atoms with Gasteiger partial charge >= 0.3 is 0 Å². The van der Waals surface area contributed by atoms with Crippen molar-refractivity contribution in [2.24, 2.45) is 17.8 Å². The van der Waals surface area contributed by atoms with Crippen LogP contribution in [0, 0.1) is 24.7 Å². The van der Waals surface area contributed by atoms with E-state index in [1.807, 2.05) is 12.2 Å². The lowest BCUT2D eigenvalue weighted by Gasteiger charge is -2.14. The summed E-state index contributed by atoms with van der Waals surface area (Å²) in [6, 6.07) is 0. The van der Waals surface area contributed by atoms with Gasteiger partial charge in [0.15, 0.2) is 0 Å². The van der Waals surface area contributed by atoms with Crippen LogP contribution in [0.15, 0.2) is 88.9 Å². The van der Waals surface area contributed by atoms with Gasteiger partial charge in [-0.1, -0.05) is 107 Å². The van der Waals surface area contributed by atoms with Crippen LogP contribution in [0.5, 0.6) is 0 Å². The van der Waals surface area contributed by atoms with Crippen molar-refractivity contribution in [3.05, 3.63) is 107 Å². The van der Waals surface area contributed by atoms with E-state index in [9.17, 15) is 0 Å². The fraction of sp³-hybridized carbons (Fsp3) is 0.394. The largest absolute Gasteiger partial charge is 0.237 e. The molecule has 2 heteroatoms. The van der Waals surface area contributed by atoms with Crippen LogP contribution in [0.1, 0.15) is 78.4 Å². The maximum absolute atomic E-state index is 5.15. The highest BCUT2D eigenvalue weighted by molar-refractivity contribution is 7.10. The van der Waals surface area contributed by atoms with Gasteiger partial charge in [-0.15, -0.1) is 11.3 Å². The molecule has 0 saturated heterocycles. The van der Waals surface area contributed by atoms with E-state index in [0.29, 0.717) is 11.8 Å². The number of hydrogen-bond donors (Lipinski definition) is 0. The third-order valence-electron chi connectivity index (χ3n) is 6.52. The summed E-state index contributed by atoms with van der Waals surface area (Å²) in [6.07, 6.45) is 24.0. The molecule has 0 bridgehead atoms. The molecule has 1 saturated carbocycles. The Morgan fingerprint density at radius 1 is 1.11 bits per heavy atom. The lowest BCUT2D eigenvalue weighted by molar-refractivity contribution is 0.800. The van der Waals surface area contributed by atoms with Crippen molar-refractivity contribution in [3.63, 3.8) is 0 Å². The molecule has 0 aliphatic heterocycles. The predicted octanol–water partition coefficient (Wildman–Crippen LogP) is 10.4. The minimum absolute atomic E-state index is 0. The first-order chi connectivity index (χ1) is 16.4. The van der Waals surface area contributed by atoms with E-state index in [1.165, 1.54) is 45.7 Å². The lowest BCUT2D eigenvalue weighted by atomic mass is 9.90. The van der Waals surface area contributed by atoms with E-state index in [0.717, 1.165) is 30.0 Å². The van der Waals surface area contributed by atoms with E-state index in [2.05, 4.69) is 90.0 Å². The maximum Gasteiger partial charge on any atom is 0.120 e. The molecule has 3 aliphatic rings. The molecule has 3 atom stereocenters. The molecule has 1 nitrogen and oxygen atoms in total. The molecule has 0 amide bonds. The molecule has 0 aromatic carbocycles. The Balaban J connectivity index is 0.00000103. The lowest BCUT2D eigenvalue weighted by Crippen LogP contribution is -2.02. The average Bonchev–Trinajstić information content (AvgIpc) is 3.31. The Kier molecular flexibility index (Phi) is 11.2. The first kappa shape index (κ1) is 28.8. The second-order valence-electron chi connectivity index (χ2n) is 9.45. The van der Waals surface area contributed by atoms with E-state index in [4.69, 9.17) is 4.98 Å². The number of allylic oxidation sites excluding steroid dienone is 15. The molecule has 3 unspecified atom stereocenters.